The first kappa shape index (κ1) is 9.24. The van der Waals surface area contributed by atoms with Crippen LogP contribution in [0.25, 0.3) is 0 Å². The van der Waals surface area contributed by atoms with Crippen LogP contribution in [0.5, 0.6) is 0 Å². The summed E-state index contributed by atoms with van der Waals surface area (Å²) in [6.45, 7) is 0.429. The lowest BCUT2D eigenvalue weighted by Gasteiger charge is -1.97. The number of H-pyrrole nitrogens is 2. The van der Waals surface area contributed by atoms with Crippen molar-refractivity contribution in [2.24, 2.45) is 0 Å². The number of aromatic nitrogens is 2. The highest BCUT2D eigenvalue weighted by Gasteiger charge is 1.99. The molecule has 0 bridgehead atoms. The predicted octanol–water partition coefficient (Wildman–Crippen LogP) is -1.22. The summed E-state index contributed by atoms with van der Waals surface area (Å²) < 4.78 is 4.40. The summed E-state index contributed by atoms with van der Waals surface area (Å²) >= 11 is 0. The van der Waals surface area contributed by atoms with Gasteiger partial charge in [-0.05, 0) is 0 Å². The van der Waals surface area contributed by atoms with E-state index in [2.05, 4.69) is 14.7 Å². The zero-order valence-electron chi connectivity index (χ0n) is 6.70. The lowest BCUT2D eigenvalue weighted by Crippen LogP contribution is -2.25. The molecule has 0 radical (unpaired) electrons. The van der Waals surface area contributed by atoms with Gasteiger partial charge in [0.15, 0.2) is 0 Å². The molecule has 0 fully saturated rings. The summed E-state index contributed by atoms with van der Waals surface area (Å²) in [7, 11) is 0. The maximum absolute atomic E-state index is 11.0. The molecule has 0 aliphatic carbocycles. The van der Waals surface area contributed by atoms with E-state index in [1.54, 1.807) is 0 Å². The summed E-state index contributed by atoms with van der Waals surface area (Å²) in [6.07, 6.45) is 1.58. The molecule has 0 spiro atoms. The Hall–Kier alpha value is -1.85. The normalized spacial score (nSPS) is 9.54. The van der Waals surface area contributed by atoms with Crippen LogP contribution in [0.3, 0.4) is 0 Å². The molecule has 13 heavy (non-hydrogen) atoms. The number of carbonyl (C=O) groups excluding carboxylic acids is 1. The highest BCUT2D eigenvalue weighted by Crippen LogP contribution is 1.86. The average Bonchev–Trinajstić information content (AvgIpc) is 2.09. The van der Waals surface area contributed by atoms with Gasteiger partial charge in [0, 0.05) is 18.2 Å². The summed E-state index contributed by atoms with van der Waals surface area (Å²) in [4.78, 5) is 35.7. The molecule has 0 aliphatic rings. The third-order valence-electron chi connectivity index (χ3n) is 1.45. The van der Waals surface area contributed by atoms with Gasteiger partial charge in [-0.2, -0.15) is 0 Å². The van der Waals surface area contributed by atoms with Gasteiger partial charge in [-0.1, -0.05) is 0 Å². The van der Waals surface area contributed by atoms with Crippen molar-refractivity contribution in [1.29, 1.82) is 0 Å². The Morgan fingerprint density at radius 1 is 1.46 bits per heavy atom. The molecule has 0 unspecified atom stereocenters. The van der Waals surface area contributed by atoms with Gasteiger partial charge in [-0.25, -0.2) is 4.79 Å². The van der Waals surface area contributed by atoms with Crippen LogP contribution in [0, 0.1) is 0 Å². The summed E-state index contributed by atoms with van der Waals surface area (Å²) in [5, 5.41) is 0. The molecule has 1 aromatic rings. The number of hydrogen-bond acceptors (Lipinski definition) is 4. The number of nitrogens with one attached hydrogen (secondary N) is 2. The number of hydrogen-bond donors (Lipinski definition) is 2. The fourth-order valence-corrected chi connectivity index (χ4v) is 0.840. The predicted molar refractivity (Wildman–Crippen MR) is 43.4 cm³/mol. The Morgan fingerprint density at radius 2 is 2.23 bits per heavy atom. The van der Waals surface area contributed by atoms with Crippen LogP contribution in [0.2, 0.25) is 0 Å². The van der Waals surface area contributed by atoms with E-state index in [4.69, 9.17) is 0 Å². The molecule has 6 heteroatoms. The molecule has 0 atom stereocenters. The first-order chi connectivity index (χ1) is 6.24. The van der Waals surface area contributed by atoms with Gasteiger partial charge in [0.05, 0.1) is 6.61 Å². The van der Waals surface area contributed by atoms with Crippen LogP contribution in [0.1, 0.15) is 5.56 Å². The van der Waals surface area contributed by atoms with E-state index in [1.807, 2.05) is 0 Å². The van der Waals surface area contributed by atoms with Gasteiger partial charge in [-0.3, -0.25) is 14.6 Å². The van der Waals surface area contributed by atoms with E-state index in [0.29, 0.717) is 12.0 Å². The Kier molecular flexibility index (Phi) is 3.02. The number of ether oxygens (including phenoxy) is 1. The van der Waals surface area contributed by atoms with Crippen molar-refractivity contribution in [2.45, 2.75) is 6.42 Å². The minimum Gasteiger partial charge on any atom is -0.468 e. The number of carbonyl (C=O) groups is 1. The number of aromatic amines is 2. The van der Waals surface area contributed by atoms with Crippen LogP contribution >= 0.6 is 0 Å². The third-order valence-corrected chi connectivity index (χ3v) is 1.45. The highest BCUT2D eigenvalue weighted by atomic mass is 16.5. The Balaban J connectivity index is 2.72. The molecule has 70 valence electrons. The average molecular weight is 184 g/mol. The van der Waals surface area contributed by atoms with Gasteiger partial charge in [0.1, 0.15) is 0 Å². The van der Waals surface area contributed by atoms with E-state index in [9.17, 15) is 14.4 Å². The summed E-state index contributed by atoms with van der Waals surface area (Å²) in [5.74, 6) is 0. The molecule has 0 aliphatic heterocycles. The molecular weight excluding hydrogens is 176 g/mol. The molecule has 6 nitrogen and oxygen atoms in total. The standard InChI is InChI=1S/C7H8N2O4/c10-4-13-2-1-5-3-8-7(12)9-6(5)11/h3-4H,1-2H2,(H2,8,9,11,12). The smallest absolute Gasteiger partial charge is 0.325 e. The molecule has 1 rings (SSSR count). The number of rotatable bonds is 4. The van der Waals surface area contributed by atoms with E-state index in [0.717, 1.165) is 0 Å². The van der Waals surface area contributed by atoms with Gasteiger partial charge >= 0.3 is 5.69 Å². The van der Waals surface area contributed by atoms with Crippen LogP contribution in [0.15, 0.2) is 15.8 Å². The van der Waals surface area contributed by atoms with Crippen LogP contribution in [-0.4, -0.2) is 23.0 Å². The van der Waals surface area contributed by atoms with Crippen LogP contribution < -0.4 is 11.2 Å². The lowest BCUT2D eigenvalue weighted by atomic mass is 10.2. The molecular formula is C7H8N2O4. The maximum Gasteiger partial charge on any atom is 0.325 e. The quantitative estimate of drug-likeness (QED) is 0.453. The van der Waals surface area contributed by atoms with E-state index < -0.39 is 11.2 Å². The van der Waals surface area contributed by atoms with Crippen molar-refractivity contribution >= 4 is 6.47 Å². The first-order valence-corrected chi connectivity index (χ1v) is 3.60. The first-order valence-electron chi connectivity index (χ1n) is 3.60. The molecule has 0 saturated heterocycles. The van der Waals surface area contributed by atoms with E-state index >= 15 is 0 Å². The molecule has 0 aromatic carbocycles. The van der Waals surface area contributed by atoms with Crippen LogP contribution in [-0.2, 0) is 16.0 Å². The summed E-state index contributed by atoms with van der Waals surface area (Å²) in [5.41, 5.74) is -0.634. The van der Waals surface area contributed by atoms with E-state index in [-0.39, 0.29) is 13.0 Å². The zero-order valence-corrected chi connectivity index (χ0v) is 6.70. The fraction of sp³-hybridized carbons (Fsp3) is 0.286. The molecule has 2 N–H and O–H groups in total. The van der Waals surface area contributed by atoms with Crippen molar-refractivity contribution < 1.29 is 9.53 Å². The summed E-state index contributed by atoms with van der Waals surface area (Å²) in [6, 6.07) is 0. The SMILES string of the molecule is O=COCCc1c[nH]c(=O)[nH]c1=O. The maximum atomic E-state index is 11.0. The molecule has 0 saturated carbocycles. The zero-order chi connectivity index (χ0) is 9.68. The fourth-order valence-electron chi connectivity index (χ4n) is 0.840. The van der Waals surface area contributed by atoms with Crippen molar-refractivity contribution in [3.05, 3.63) is 32.6 Å². The minimum atomic E-state index is -0.551. The van der Waals surface area contributed by atoms with Gasteiger partial charge < -0.3 is 9.72 Å². The third kappa shape index (κ3) is 2.58. The van der Waals surface area contributed by atoms with Gasteiger partial charge in [-0.15, -0.1) is 0 Å². The second-order valence-electron chi connectivity index (χ2n) is 2.31. The second-order valence-corrected chi connectivity index (χ2v) is 2.31. The van der Waals surface area contributed by atoms with Crippen molar-refractivity contribution in [3.8, 4) is 0 Å². The lowest BCUT2D eigenvalue weighted by molar-refractivity contribution is -0.128. The Bertz CT molecular complexity index is 392. The van der Waals surface area contributed by atoms with Crippen molar-refractivity contribution in [1.82, 2.24) is 9.97 Å². The van der Waals surface area contributed by atoms with Crippen molar-refractivity contribution in [2.75, 3.05) is 6.61 Å². The molecule has 1 aromatic heterocycles. The topological polar surface area (TPSA) is 92.0 Å². The van der Waals surface area contributed by atoms with E-state index in [1.165, 1.54) is 6.20 Å². The molecule has 0 amide bonds. The monoisotopic (exact) mass is 184 g/mol. The Labute approximate surface area is 72.6 Å². The largest absolute Gasteiger partial charge is 0.468 e. The highest BCUT2D eigenvalue weighted by molar-refractivity contribution is 5.36. The van der Waals surface area contributed by atoms with Crippen molar-refractivity contribution in [3.63, 3.8) is 0 Å². The van der Waals surface area contributed by atoms with Crippen LogP contribution in [0.4, 0.5) is 0 Å². The second kappa shape index (κ2) is 4.24. The molecule has 1 heterocycles. The van der Waals surface area contributed by atoms with Gasteiger partial charge in [0.25, 0.3) is 12.0 Å². The van der Waals surface area contributed by atoms with Gasteiger partial charge in [0.2, 0.25) is 0 Å². The minimum absolute atomic E-state index is 0.124. The Morgan fingerprint density at radius 3 is 2.85 bits per heavy atom.